The van der Waals surface area contributed by atoms with Crippen LogP contribution in [0.4, 0.5) is 5.69 Å². The van der Waals surface area contributed by atoms with Crippen molar-refractivity contribution in [3.05, 3.63) is 29.8 Å². The lowest BCUT2D eigenvalue weighted by atomic mass is 9.48. The first kappa shape index (κ1) is 20.4. The minimum Gasteiger partial charge on any atom is -0.352 e. The maximum Gasteiger partial charge on any atom is 0.238 e. The van der Waals surface area contributed by atoms with Gasteiger partial charge in [-0.3, -0.25) is 14.5 Å². The van der Waals surface area contributed by atoms with Crippen LogP contribution in [0, 0.1) is 30.1 Å². The van der Waals surface area contributed by atoms with Gasteiger partial charge < -0.3 is 10.6 Å². The van der Waals surface area contributed by atoms with Crippen molar-refractivity contribution in [2.24, 2.45) is 23.2 Å². The maximum atomic E-state index is 12.6. The first-order valence-corrected chi connectivity index (χ1v) is 11.2. The van der Waals surface area contributed by atoms with E-state index >= 15 is 0 Å². The maximum absolute atomic E-state index is 12.6. The van der Waals surface area contributed by atoms with Crippen molar-refractivity contribution in [2.45, 2.75) is 58.4 Å². The third-order valence-corrected chi connectivity index (χ3v) is 7.54. The number of carbonyl (C=O) groups excluding carboxylic acids is 2. The number of nitrogens with one attached hydrogen (secondary N) is 2. The predicted molar refractivity (Wildman–Crippen MR) is 116 cm³/mol. The van der Waals surface area contributed by atoms with Crippen molar-refractivity contribution in [3.63, 3.8) is 0 Å². The number of amides is 2. The molecule has 1 aromatic carbocycles. The summed E-state index contributed by atoms with van der Waals surface area (Å²) in [5.41, 5.74) is 2.25. The normalized spacial score (nSPS) is 31.0. The van der Waals surface area contributed by atoms with Crippen molar-refractivity contribution < 1.29 is 9.59 Å². The molecule has 29 heavy (non-hydrogen) atoms. The molecule has 1 atom stereocenters. The van der Waals surface area contributed by atoms with Gasteiger partial charge in [-0.1, -0.05) is 17.7 Å². The number of benzene rings is 1. The predicted octanol–water partition coefficient (Wildman–Crippen LogP) is 3.59. The molecule has 0 aliphatic heterocycles. The van der Waals surface area contributed by atoms with Crippen LogP contribution < -0.4 is 10.6 Å². The Kier molecular flexibility index (Phi) is 5.69. The Hall–Kier alpha value is -1.88. The summed E-state index contributed by atoms with van der Waals surface area (Å²) in [4.78, 5) is 26.7. The Bertz CT molecular complexity index is 723. The quantitative estimate of drug-likeness (QED) is 0.739. The molecule has 4 aliphatic carbocycles. The van der Waals surface area contributed by atoms with E-state index < -0.39 is 0 Å². The van der Waals surface area contributed by atoms with Gasteiger partial charge in [-0.05, 0) is 94.7 Å². The largest absolute Gasteiger partial charge is 0.352 e. The highest BCUT2D eigenvalue weighted by molar-refractivity contribution is 5.92. The van der Waals surface area contributed by atoms with Crippen LogP contribution in [0.15, 0.2) is 24.3 Å². The second kappa shape index (κ2) is 8.10. The van der Waals surface area contributed by atoms with E-state index in [2.05, 4.69) is 17.6 Å². The van der Waals surface area contributed by atoms with Crippen LogP contribution in [0.1, 0.15) is 51.0 Å². The van der Waals surface area contributed by atoms with Gasteiger partial charge in [0.15, 0.2) is 0 Å². The summed E-state index contributed by atoms with van der Waals surface area (Å²) in [5.74, 6) is 2.58. The van der Waals surface area contributed by atoms with Crippen LogP contribution in [0.5, 0.6) is 0 Å². The lowest BCUT2D eigenvalue weighted by Gasteiger charge is -2.59. The van der Waals surface area contributed by atoms with E-state index in [0.29, 0.717) is 5.41 Å². The van der Waals surface area contributed by atoms with Crippen LogP contribution in [0.3, 0.4) is 0 Å². The third kappa shape index (κ3) is 4.66. The lowest BCUT2D eigenvalue weighted by Crippen LogP contribution is -2.56. The molecule has 4 bridgehead atoms. The second-order valence-electron chi connectivity index (χ2n) is 10.2. The molecule has 0 heterocycles. The summed E-state index contributed by atoms with van der Waals surface area (Å²) in [5, 5.41) is 6.18. The number of rotatable bonds is 7. The van der Waals surface area contributed by atoms with Crippen LogP contribution in [0.2, 0.25) is 0 Å². The first-order valence-electron chi connectivity index (χ1n) is 11.2. The number of hydrogen-bond acceptors (Lipinski definition) is 3. The summed E-state index contributed by atoms with van der Waals surface area (Å²) in [6.07, 6.45) is 8.11. The number of likely N-dealkylation sites (N-methyl/N-ethyl adjacent to an activating group) is 1. The monoisotopic (exact) mass is 397 g/mol. The fourth-order valence-corrected chi connectivity index (χ4v) is 6.53. The zero-order valence-corrected chi connectivity index (χ0v) is 18.0. The van der Waals surface area contributed by atoms with Crippen LogP contribution in [0.25, 0.3) is 0 Å². The molecule has 0 radical (unpaired) electrons. The van der Waals surface area contributed by atoms with E-state index in [1.165, 1.54) is 38.5 Å². The molecule has 4 saturated carbocycles. The minimum absolute atomic E-state index is 0.0267. The number of hydrogen-bond donors (Lipinski definition) is 2. The van der Waals surface area contributed by atoms with Gasteiger partial charge >= 0.3 is 0 Å². The van der Waals surface area contributed by atoms with E-state index in [-0.39, 0.29) is 30.9 Å². The van der Waals surface area contributed by atoms with E-state index in [4.69, 9.17) is 0 Å². The molecule has 158 valence electrons. The smallest absolute Gasteiger partial charge is 0.238 e. The number of aryl methyl sites for hydroxylation is 1. The molecule has 5 heteroatoms. The molecule has 4 fully saturated rings. The number of anilines is 1. The Balaban J connectivity index is 1.25. The molecule has 0 aromatic heterocycles. The zero-order chi connectivity index (χ0) is 20.6. The Morgan fingerprint density at radius 2 is 1.52 bits per heavy atom. The van der Waals surface area contributed by atoms with Gasteiger partial charge in [0.2, 0.25) is 11.8 Å². The van der Waals surface area contributed by atoms with Crippen molar-refractivity contribution >= 4 is 17.5 Å². The second-order valence-corrected chi connectivity index (χ2v) is 10.2. The number of carbonyl (C=O) groups is 2. The average Bonchev–Trinajstić information content (AvgIpc) is 2.62. The fourth-order valence-electron chi connectivity index (χ4n) is 6.53. The third-order valence-electron chi connectivity index (χ3n) is 7.54. The van der Waals surface area contributed by atoms with Gasteiger partial charge in [-0.2, -0.15) is 0 Å². The average molecular weight is 398 g/mol. The van der Waals surface area contributed by atoms with Crippen molar-refractivity contribution in [1.29, 1.82) is 0 Å². The van der Waals surface area contributed by atoms with E-state index in [1.807, 2.05) is 38.2 Å². The van der Waals surface area contributed by atoms with E-state index in [9.17, 15) is 9.59 Å². The molecule has 2 N–H and O–H groups in total. The summed E-state index contributed by atoms with van der Waals surface area (Å²) in [7, 11) is 1.82. The molecule has 0 spiro atoms. The fraction of sp³-hybridized carbons (Fsp3) is 0.667. The molecule has 5 nitrogen and oxygen atoms in total. The molecular formula is C24H35N3O2. The van der Waals surface area contributed by atoms with Gasteiger partial charge in [-0.15, -0.1) is 0 Å². The Morgan fingerprint density at radius 1 is 1.00 bits per heavy atom. The Labute approximate surface area is 174 Å². The zero-order valence-electron chi connectivity index (χ0n) is 18.0. The molecule has 1 aromatic rings. The van der Waals surface area contributed by atoms with Crippen LogP contribution >= 0.6 is 0 Å². The summed E-state index contributed by atoms with van der Waals surface area (Å²) in [6, 6.07) is 7.95. The van der Waals surface area contributed by atoms with E-state index in [1.54, 1.807) is 4.90 Å². The standard InChI is InChI=1S/C24H35N3O2/c1-16-4-6-21(7-5-16)26-23(29)15-27(3)14-22(28)25-17(2)24-11-18-8-19(12-24)10-20(9-18)13-24/h4-7,17-20H,8-15H2,1-3H3,(H,25,28)(H,26,29)/t17-,18?,19?,20?,24?/m0/s1. The molecular weight excluding hydrogens is 362 g/mol. The highest BCUT2D eigenvalue weighted by Crippen LogP contribution is 2.61. The highest BCUT2D eigenvalue weighted by atomic mass is 16.2. The van der Waals surface area contributed by atoms with Gasteiger partial charge in [0.25, 0.3) is 0 Å². The summed E-state index contributed by atoms with van der Waals surface area (Å²) < 4.78 is 0. The Morgan fingerprint density at radius 3 is 2.07 bits per heavy atom. The van der Waals surface area contributed by atoms with Gasteiger partial charge in [0.1, 0.15) is 0 Å². The summed E-state index contributed by atoms with van der Waals surface area (Å²) >= 11 is 0. The topological polar surface area (TPSA) is 61.4 Å². The van der Waals surface area contributed by atoms with Gasteiger partial charge in [0, 0.05) is 11.7 Å². The highest BCUT2D eigenvalue weighted by Gasteiger charge is 2.53. The van der Waals surface area contributed by atoms with Gasteiger partial charge in [0.05, 0.1) is 13.1 Å². The summed E-state index contributed by atoms with van der Waals surface area (Å²) in [6.45, 7) is 4.67. The van der Waals surface area contributed by atoms with Gasteiger partial charge in [-0.25, -0.2) is 0 Å². The molecule has 4 aliphatic rings. The first-order chi connectivity index (χ1) is 13.8. The molecule has 2 amide bonds. The van der Waals surface area contributed by atoms with Crippen LogP contribution in [-0.2, 0) is 9.59 Å². The lowest BCUT2D eigenvalue weighted by molar-refractivity contribution is -0.127. The van der Waals surface area contributed by atoms with Crippen molar-refractivity contribution in [1.82, 2.24) is 10.2 Å². The van der Waals surface area contributed by atoms with Crippen LogP contribution in [-0.4, -0.2) is 42.9 Å². The molecule has 0 saturated heterocycles. The van der Waals surface area contributed by atoms with Crippen molar-refractivity contribution in [2.75, 3.05) is 25.5 Å². The molecule has 5 rings (SSSR count). The minimum atomic E-state index is -0.0988. The van der Waals surface area contributed by atoms with E-state index in [0.717, 1.165) is 29.0 Å². The SMILES string of the molecule is Cc1ccc(NC(=O)CN(C)CC(=O)N[C@@H](C)C23CC4CC(CC(C4)C2)C3)cc1. The number of nitrogens with zero attached hydrogens (tertiary/aromatic N) is 1. The van der Waals surface area contributed by atoms with Crippen molar-refractivity contribution in [3.8, 4) is 0 Å². The molecule has 0 unspecified atom stereocenters.